The summed E-state index contributed by atoms with van der Waals surface area (Å²) >= 11 is 0. The van der Waals surface area contributed by atoms with E-state index in [9.17, 15) is 14.5 Å². The molecule has 0 aliphatic heterocycles. The van der Waals surface area contributed by atoms with Gasteiger partial charge < -0.3 is 29.9 Å². The summed E-state index contributed by atoms with van der Waals surface area (Å²) in [6, 6.07) is 0. The van der Waals surface area contributed by atoms with Crippen LogP contribution in [0.5, 0.6) is 0 Å². The Balaban J connectivity index is 0. The summed E-state index contributed by atoms with van der Waals surface area (Å²) in [6.45, 7) is 4.36. The van der Waals surface area contributed by atoms with Crippen molar-refractivity contribution in [2.24, 2.45) is 0 Å². The molecule has 9 heteroatoms. The number of alkyl carbamates (subject to hydrolysis) is 1. The summed E-state index contributed by atoms with van der Waals surface area (Å²) in [5.41, 5.74) is -0.645. The average Bonchev–Trinajstić information content (AvgIpc) is 2.23. The molecule has 0 saturated heterocycles. The van der Waals surface area contributed by atoms with Gasteiger partial charge in [-0.2, -0.15) is 0 Å². The van der Waals surface area contributed by atoms with Crippen LogP contribution in [-0.4, -0.2) is 87.8 Å². The Morgan fingerprint density at radius 1 is 1.37 bits per heavy atom. The minimum Gasteiger partial charge on any atom is -0.444 e. The number of hydrogen-bond donors (Lipinski definition) is 4. The molecule has 0 spiro atoms. The Labute approximate surface area is 135 Å². The third-order valence-corrected chi connectivity index (χ3v) is 3.68. The summed E-state index contributed by atoms with van der Waals surface area (Å²) in [5, 5.41) is 29.4. The third kappa shape index (κ3) is 11.9. The largest absolute Gasteiger partial charge is 0.444 e. The second-order valence-electron chi connectivity index (χ2n) is 4.91. The third-order valence-electron chi connectivity index (χ3n) is 1.86. The van der Waals surface area contributed by atoms with Gasteiger partial charge in [0.2, 0.25) is 0 Å². The topological polar surface area (TPSA) is 116 Å². The van der Waals surface area contributed by atoms with Crippen molar-refractivity contribution < 1.29 is 29.4 Å². The van der Waals surface area contributed by atoms with Gasteiger partial charge in [-0.15, -0.1) is 0 Å². The minimum atomic E-state index is -2.49. The first-order valence-corrected chi connectivity index (χ1v) is 7.31. The normalized spacial score (nSPS) is 15.9. The van der Waals surface area contributed by atoms with E-state index in [2.05, 4.69) is 5.32 Å². The number of nitrogens with one attached hydrogen (secondary N) is 1. The zero-order valence-electron chi connectivity index (χ0n) is 11.8. The Morgan fingerprint density at radius 2 is 1.89 bits per heavy atom. The number of aliphatic hydroxyl groups excluding tert-OH is 3. The monoisotopic (exact) mass is 306 g/mol. The van der Waals surface area contributed by atoms with E-state index in [0.29, 0.717) is 0 Å². The van der Waals surface area contributed by atoms with Crippen molar-refractivity contribution in [1.82, 2.24) is 5.32 Å². The van der Waals surface area contributed by atoms with E-state index < -0.39 is 38.1 Å². The fourth-order valence-corrected chi connectivity index (χ4v) is 2.24. The van der Waals surface area contributed by atoms with Gasteiger partial charge in [-0.25, -0.2) is 4.79 Å². The number of aliphatic hydroxyl groups is 3. The van der Waals surface area contributed by atoms with Crippen LogP contribution in [0.1, 0.15) is 20.8 Å². The zero-order valence-corrected chi connectivity index (χ0v) is 14.8. The van der Waals surface area contributed by atoms with Crippen molar-refractivity contribution in [2.45, 2.75) is 38.3 Å². The van der Waals surface area contributed by atoms with E-state index in [1.54, 1.807) is 20.8 Å². The molecule has 0 aliphatic rings. The Hall–Kier alpha value is 0.380. The second kappa shape index (κ2) is 10.2. The molecule has 0 aromatic rings. The maximum atomic E-state index is 11.5. The molecule has 7 nitrogen and oxygen atoms in total. The molecule has 0 aliphatic carbocycles. The van der Waals surface area contributed by atoms with Crippen LogP contribution in [0.2, 0.25) is 0 Å². The molecule has 4 N–H and O–H groups in total. The smallest absolute Gasteiger partial charge is 0.407 e. The van der Waals surface area contributed by atoms with Gasteiger partial charge in [0.05, 0.1) is 19.3 Å². The van der Waals surface area contributed by atoms with Crippen molar-refractivity contribution in [3.05, 3.63) is 0 Å². The van der Waals surface area contributed by atoms with Crippen LogP contribution in [0.25, 0.3) is 0 Å². The molecule has 0 bridgehead atoms. The maximum absolute atomic E-state index is 11.5. The number of ether oxygens (including phenoxy) is 1. The molecule has 0 aromatic carbocycles. The number of rotatable bonds is 6. The minimum absolute atomic E-state index is 0. The first-order chi connectivity index (χ1) is 8.15. The van der Waals surface area contributed by atoms with Gasteiger partial charge in [0.25, 0.3) is 0 Å². The molecule has 109 valence electrons. The number of hydrogen-bond acceptors (Lipinski definition) is 6. The standard InChI is InChI=1S/C10H22NO6P.Na/c1-10(2,3)17-9(15)11-4-8(14)18(16)6-7(13)5-12;/h7-8,12-14,18H,4-6H2,1-3H3,(H,11,15);/t7?,8-;/m1./s1. The van der Waals surface area contributed by atoms with E-state index in [-0.39, 0.29) is 42.3 Å². The number of amides is 1. The maximum Gasteiger partial charge on any atom is 0.407 e. The van der Waals surface area contributed by atoms with Gasteiger partial charge in [-0.3, -0.25) is 0 Å². The van der Waals surface area contributed by atoms with Crippen molar-refractivity contribution >= 4 is 43.5 Å². The van der Waals surface area contributed by atoms with Crippen LogP contribution in [0.3, 0.4) is 0 Å². The molecular weight excluding hydrogens is 284 g/mol. The zero-order chi connectivity index (χ0) is 14.3. The summed E-state index contributed by atoms with van der Waals surface area (Å²) < 4.78 is 16.4. The molecule has 2 unspecified atom stereocenters. The van der Waals surface area contributed by atoms with Crippen LogP contribution >= 0.6 is 7.80 Å². The second-order valence-corrected chi connectivity index (χ2v) is 6.91. The van der Waals surface area contributed by atoms with Crippen LogP contribution in [0.15, 0.2) is 0 Å². The van der Waals surface area contributed by atoms with E-state index in [1.165, 1.54) is 0 Å². The van der Waals surface area contributed by atoms with Gasteiger partial charge in [0, 0.05) is 35.7 Å². The predicted octanol–water partition coefficient (Wildman–Crippen LogP) is -0.638. The summed E-state index contributed by atoms with van der Waals surface area (Å²) in [5.74, 6) is -1.25. The van der Waals surface area contributed by atoms with Crippen LogP contribution in [0, 0.1) is 0 Å². The molecule has 0 saturated carbocycles. The van der Waals surface area contributed by atoms with E-state index >= 15 is 0 Å². The SMILES string of the molecule is CC(C)(C)OC(=O)NC[C@H](O)[PH](=O)CC(O)CO.[Na]. The van der Waals surface area contributed by atoms with Gasteiger partial charge in [0.15, 0.2) is 0 Å². The quantitative estimate of drug-likeness (QED) is 0.383. The Morgan fingerprint density at radius 3 is 2.32 bits per heavy atom. The summed E-state index contributed by atoms with van der Waals surface area (Å²) in [4.78, 5) is 11.2. The van der Waals surface area contributed by atoms with Gasteiger partial charge >= 0.3 is 6.09 Å². The van der Waals surface area contributed by atoms with Crippen molar-refractivity contribution in [3.8, 4) is 0 Å². The molecule has 0 aromatic heterocycles. The Kier molecular flexibility index (Phi) is 11.6. The molecule has 1 radical (unpaired) electrons. The number of carbonyl (C=O) groups excluding carboxylic acids is 1. The summed E-state index contributed by atoms with van der Waals surface area (Å²) in [7, 11) is -2.49. The molecule has 3 atom stereocenters. The first-order valence-electron chi connectivity index (χ1n) is 5.62. The van der Waals surface area contributed by atoms with Gasteiger partial charge in [-0.1, -0.05) is 0 Å². The van der Waals surface area contributed by atoms with Gasteiger partial charge in [0.1, 0.15) is 19.2 Å². The van der Waals surface area contributed by atoms with Gasteiger partial charge in [-0.05, 0) is 20.8 Å². The Bertz CT molecular complexity index is 296. The number of carbonyl (C=O) groups is 1. The van der Waals surface area contributed by atoms with Crippen LogP contribution in [-0.2, 0) is 9.30 Å². The molecule has 19 heavy (non-hydrogen) atoms. The van der Waals surface area contributed by atoms with Crippen molar-refractivity contribution in [3.63, 3.8) is 0 Å². The van der Waals surface area contributed by atoms with E-state index in [4.69, 9.17) is 14.9 Å². The average molecular weight is 306 g/mol. The fraction of sp³-hybridized carbons (Fsp3) is 0.900. The summed E-state index contributed by atoms with van der Waals surface area (Å²) in [6.07, 6.45) is -2.01. The molecule has 0 heterocycles. The molecule has 1 amide bonds. The van der Waals surface area contributed by atoms with Crippen molar-refractivity contribution in [2.75, 3.05) is 19.3 Å². The molecule has 0 rings (SSSR count). The van der Waals surface area contributed by atoms with Crippen LogP contribution < -0.4 is 5.32 Å². The first kappa shape index (κ1) is 21.7. The van der Waals surface area contributed by atoms with Crippen molar-refractivity contribution in [1.29, 1.82) is 0 Å². The fourth-order valence-electron chi connectivity index (χ4n) is 1.04. The predicted molar refractivity (Wildman–Crippen MR) is 73.0 cm³/mol. The van der Waals surface area contributed by atoms with E-state index in [1.807, 2.05) is 0 Å². The molecular formula is C10H22NNaO6P. The molecule has 0 fully saturated rings. The van der Waals surface area contributed by atoms with E-state index in [0.717, 1.165) is 0 Å². The van der Waals surface area contributed by atoms with Crippen LogP contribution in [0.4, 0.5) is 4.79 Å².